The summed E-state index contributed by atoms with van der Waals surface area (Å²) < 4.78 is 0. The molecule has 3 N–H and O–H groups in total. The van der Waals surface area contributed by atoms with Gasteiger partial charge in [0.25, 0.3) is 5.91 Å². The van der Waals surface area contributed by atoms with Gasteiger partial charge in [-0.05, 0) is 55.3 Å². The van der Waals surface area contributed by atoms with Crippen molar-refractivity contribution in [2.24, 2.45) is 5.92 Å². The molecule has 0 radical (unpaired) electrons. The first-order chi connectivity index (χ1) is 11.5. The summed E-state index contributed by atoms with van der Waals surface area (Å²) in [7, 11) is 0. The van der Waals surface area contributed by atoms with E-state index in [-0.39, 0.29) is 17.7 Å². The van der Waals surface area contributed by atoms with Gasteiger partial charge < -0.3 is 5.32 Å². The highest BCUT2D eigenvalue weighted by Gasteiger charge is 2.29. The van der Waals surface area contributed by atoms with Crippen molar-refractivity contribution in [1.29, 1.82) is 0 Å². The summed E-state index contributed by atoms with van der Waals surface area (Å²) in [5, 5.41) is 3.66. The number of carbonyl (C=O) groups is 2. The van der Waals surface area contributed by atoms with Gasteiger partial charge in [-0.25, -0.2) is 0 Å². The first-order valence-electron chi connectivity index (χ1n) is 7.45. The monoisotopic (exact) mass is 363 g/mol. The zero-order valence-electron chi connectivity index (χ0n) is 12.6. The largest absolute Gasteiger partial charge is 0.326 e. The summed E-state index contributed by atoms with van der Waals surface area (Å²) in [4.78, 5) is 23.8. The Kier molecular flexibility index (Phi) is 4.92. The number of rotatable bonds is 5. The van der Waals surface area contributed by atoms with Crippen LogP contribution in [0.1, 0.15) is 23.2 Å². The quantitative estimate of drug-likeness (QED) is 0.700. The Morgan fingerprint density at radius 3 is 2.21 bits per heavy atom. The van der Waals surface area contributed by atoms with Crippen molar-refractivity contribution < 1.29 is 9.59 Å². The summed E-state index contributed by atoms with van der Waals surface area (Å²) in [5.74, 6) is -0.127. The van der Waals surface area contributed by atoms with E-state index in [1.165, 1.54) is 0 Å². The minimum atomic E-state index is -0.304. The minimum absolute atomic E-state index is 0.0356. The van der Waals surface area contributed by atoms with E-state index in [2.05, 4.69) is 16.2 Å². The van der Waals surface area contributed by atoms with Gasteiger partial charge in [-0.1, -0.05) is 23.2 Å². The van der Waals surface area contributed by atoms with E-state index in [0.717, 1.165) is 12.8 Å². The molecule has 0 unspecified atom stereocenters. The zero-order chi connectivity index (χ0) is 17.1. The summed E-state index contributed by atoms with van der Waals surface area (Å²) in [6.07, 6.45) is 1.90. The summed E-state index contributed by atoms with van der Waals surface area (Å²) >= 11 is 11.7. The molecule has 0 atom stereocenters. The molecule has 0 bridgehead atoms. The molecule has 1 saturated carbocycles. The Hall–Kier alpha value is -2.24. The summed E-state index contributed by atoms with van der Waals surface area (Å²) in [6, 6.07) is 11.6. The van der Waals surface area contributed by atoms with Crippen molar-refractivity contribution in [1.82, 2.24) is 5.43 Å². The van der Waals surface area contributed by atoms with Gasteiger partial charge in [0.1, 0.15) is 0 Å². The molecule has 0 heterocycles. The maximum atomic E-state index is 12.1. The highest BCUT2D eigenvalue weighted by molar-refractivity contribution is 6.42. The fourth-order valence-electron chi connectivity index (χ4n) is 2.07. The second-order valence-electron chi connectivity index (χ2n) is 5.55. The summed E-state index contributed by atoms with van der Waals surface area (Å²) in [5.41, 5.74) is 7.10. The number of benzene rings is 2. The number of nitrogens with one attached hydrogen (secondary N) is 3. The SMILES string of the molecule is O=C(NNc1ccc(Cl)c(Cl)c1)c1ccc(NC(=O)C2CC2)cc1. The molecule has 3 rings (SSSR count). The fourth-order valence-corrected chi connectivity index (χ4v) is 2.37. The van der Waals surface area contributed by atoms with Crippen molar-refractivity contribution in [2.75, 3.05) is 10.7 Å². The van der Waals surface area contributed by atoms with Crippen LogP contribution >= 0.6 is 23.2 Å². The van der Waals surface area contributed by atoms with Gasteiger partial charge in [0, 0.05) is 17.2 Å². The molecule has 1 aliphatic rings. The third kappa shape index (κ3) is 4.19. The van der Waals surface area contributed by atoms with E-state index in [4.69, 9.17) is 23.2 Å². The molecule has 0 aliphatic heterocycles. The lowest BCUT2D eigenvalue weighted by Gasteiger charge is -2.10. The average Bonchev–Trinajstić information content (AvgIpc) is 3.41. The Labute approximate surface area is 149 Å². The third-order valence-corrected chi connectivity index (χ3v) is 4.34. The first kappa shape index (κ1) is 16.6. The van der Waals surface area contributed by atoms with Gasteiger partial charge in [0.2, 0.25) is 5.91 Å². The van der Waals surface area contributed by atoms with Crippen LogP contribution in [0.4, 0.5) is 11.4 Å². The molecule has 0 spiro atoms. The lowest BCUT2D eigenvalue weighted by molar-refractivity contribution is -0.117. The van der Waals surface area contributed by atoms with Crippen molar-refractivity contribution in [3.63, 3.8) is 0 Å². The highest BCUT2D eigenvalue weighted by Crippen LogP contribution is 2.30. The Bertz CT molecular complexity index is 774. The topological polar surface area (TPSA) is 70.2 Å². The molecule has 0 aromatic heterocycles. The second-order valence-corrected chi connectivity index (χ2v) is 6.36. The molecule has 2 aromatic carbocycles. The Balaban J connectivity index is 1.56. The maximum absolute atomic E-state index is 12.1. The van der Waals surface area contributed by atoms with Gasteiger partial charge in [0.15, 0.2) is 0 Å². The third-order valence-electron chi connectivity index (χ3n) is 3.60. The predicted octanol–water partition coefficient (Wildman–Crippen LogP) is 4.10. The minimum Gasteiger partial charge on any atom is -0.326 e. The van der Waals surface area contributed by atoms with Gasteiger partial charge >= 0.3 is 0 Å². The smallest absolute Gasteiger partial charge is 0.269 e. The van der Waals surface area contributed by atoms with E-state index in [0.29, 0.717) is 27.0 Å². The van der Waals surface area contributed by atoms with E-state index < -0.39 is 0 Å². The van der Waals surface area contributed by atoms with Crippen LogP contribution in [-0.4, -0.2) is 11.8 Å². The van der Waals surface area contributed by atoms with E-state index in [1.807, 2.05) is 0 Å². The molecular weight excluding hydrogens is 349 g/mol. The molecule has 2 amide bonds. The molecular formula is C17H15Cl2N3O2. The standard InChI is InChI=1S/C17H15Cl2N3O2/c18-14-8-7-13(9-15(14)19)21-22-17(24)11-3-5-12(6-4-11)20-16(23)10-1-2-10/h3-10,21H,1-2H2,(H,20,23)(H,22,24). The number of anilines is 2. The van der Waals surface area contributed by atoms with Gasteiger partial charge in [-0.15, -0.1) is 0 Å². The van der Waals surface area contributed by atoms with E-state index in [1.54, 1.807) is 42.5 Å². The highest BCUT2D eigenvalue weighted by atomic mass is 35.5. The average molecular weight is 364 g/mol. The number of halogens is 2. The van der Waals surface area contributed by atoms with Crippen LogP contribution in [0.5, 0.6) is 0 Å². The first-order valence-corrected chi connectivity index (χ1v) is 8.21. The van der Waals surface area contributed by atoms with Crippen molar-refractivity contribution in [3.05, 3.63) is 58.1 Å². The molecule has 1 aliphatic carbocycles. The van der Waals surface area contributed by atoms with Crippen molar-refractivity contribution in [3.8, 4) is 0 Å². The maximum Gasteiger partial charge on any atom is 0.269 e. The van der Waals surface area contributed by atoms with Gasteiger partial charge in [-0.3, -0.25) is 20.4 Å². The number of amides is 2. The van der Waals surface area contributed by atoms with E-state index >= 15 is 0 Å². The Morgan fingerprint density at radius 1 is 0.917 bits per heavy atom. The molecule has 7 heteroatoms. The number of hydrogen-bond donors (Lipinski definition) is 3. The zero-order valence-corrected chi connectivity index (χ0v) is 14.1. The molecule has 124 valence electrons. The molecule has 2 aromatic rings. The number of carbonyl (C=O) groups excluding carboxylic acids is 2. The van der Waals surface area contributed by atoms with Crippen LogP contribution in [0, 0.1) is 5.92 Å². The predicted molar refractivity (Wildman–Crippen MR) is 95.3 cm³/mol. The van der Waals surface area contributed by atoms with Crippen LogP contribution in [0.3, 0.4) is 0 Å². The molecule has 0 saturated heterocycles. The van der Waals surface area contributed by atoms with Crippen molar-refractivity contribution in [2.45, 2.75) is 12.8 Å². The van der Waals surface area contributed by atoms with Crippen LogP contribution in [0.2, 0.25) is 10.0 Å². The summed E-state index contributed by atoms with van der Waals surface area (Å²) in [6.45, 7) is 0. The van der Waals surface area contributed by atoms with Gasteiger partial charge in [-0.2, -0.15) is 0 Å². The van der Waals surface area contributed by atoms with Crippen LogP contribution in [-0.2, 0) is 4.79 Å². The normalized spacial score (nSPS) is 13.2. The van der Waals surface area contributed by atoms with Gasteiger partial charge in [0.05, 0.1) is 15.7 Å². The number of hydrazine groups is 1. The Morgan fingerprint density at radius 2 is 1.58 bits per heavy atom. The molecule has 5 nitrogen and oxygen atoms in total. The van der Waals surface area contributed by atoms with Crippen LogP contribution in [0.15, 0.2) is 42.5 Å². The van der Waals surface area contributed by atoms with E-state index in [9.17, 15) is 9.59 Å². The second kappa shape index (κ2) is 7.11. The van der Waals surface area contributed by atoms with Crippen LogP contribution in [0.25, 0.3) is 0 Å². The lowest BCUT2D eigenvalue weighted by Crippen LogP contribution is -2.29. The van der Waals surface area contributed by atoms with Crippen LogP contribution < -0.4 is 16.2 Å². The number of hydrogen-bond acceptors (Lipinski definition) is 3. The van der Waals surface area contributed by atoms with Crippen molar-refractivity contribution >= 4 is 46.4 Å². The lowest BCUT2D eigenvalue weighted by atomic mass is 10.2. The molecule has 24 heavy (non-hydrogen) atoms. The fraction of sp³-hybridized carbons (Fsp3) is 0.176. The molecule has 1 fully saturated rings.